The van der Waals surface area contributed by atoms with Crippen LogP contribution in [0.3, 0.4) is 0 Å². The fourth-order valence-electron chi connectivity index (χ4n) is 2.22. The summed E-state index contributed by atoms with van der Waals surface area (Å²) in [6.45, 7) is 3.13. The third-order valence-corrected chi connectivity index (χ3v) is 4.78. The van der Waals surface area contributed by atoms with Crippen LogP contribution in [0.25, 0.3) is 0 Å². The number of halogens is 1. The van der Waals surface area contributed by atoms with E-state index in [4.69, 9.17) is 9.47 Å². The second-order valence-corrected chi connectivity index (χ2v) is 6.98. The summed E-state index contributed by atoms with van der Waals surface area (Å²) in [5.41, 5.74) is 2.43. The van der Waals surface area contributed by atoms with Crippen molar-refractivity contribution in [3.63, 3.8) is 0 Å². The van der Waals surface area contributed by atoms with Crippen LogP contribution in [0.4, 0.5) is 0 Å². The minimum absolute atomic E-state index is 0.160. The van der Waals surface area contributed by atoms with Gasteiger partial charge in [0, 0.05) is 0 Å². The van der Waals surface area contributed by atoms with Crippen molar-refractivity contribution in [3.8, 4) is 11.5 Å². The Labute approximate surface area is 138 Å². The lowest BCUT2D eigenvalue weighted by Gasteiger charge is -2.19. The van der Waals surface area contributed by atoms with Gasteiger partial charge in [-0.15, -0.1) is 11.3 Å². The molecule has 0 spiro atoms. The Morgan fingerprint density at radius 2 is 1.90 bits per heavy atom. The van der Waals surface area contributed by atoms with Gasteiger partial charge in [0.2, 0.25) is 0 Å². The predicted octanol–water partition coefficient (Wildman–Crippen LogP) is 4.62. The summed E-state index contributed by atoms with van der Waals surface area (Å²) in [5.74, 6) is 1.51. The van der Waals surface area contributed by atoms with E-state index in [-0.39, 0.29) is 6.04 Å². The van der Waals surface area contributed by atoms with E-state index in [2.05, 4.69) is 45.7 Å². The molecule has 1 atom stereocenters. The van der Waals surface area contributed by atoms with Gasteiger partial charge in [0.15, 0.2) is 11.5 Å². The van der Waals surface area contributed by atoms with Crippen LogP contribution in [0.5, 0.6) is 11.5 Å². The molecular formula is C16H20BrNO2S. The van der Waals surface area contributed by atoms with E-state index in [1.54, 1.807) is 25.6 Å². The van der Waals surface area contributed by atoms with Crippen molar-refractivity contribution in [1.82, 2.24) is 5.32 Å². The molecule has 0 amide bonds. The van der Waals surface area contributed by atoms with Crippen molar-refractivity contribution in [2.75, 3.05) is 20.8 Å². The van der Waals surface area contributed by atoms with E-state index in [0.717, 1.165) is 28.3 Å². The zero-order valence-corrected chi connectivity index (χ0v) is 14.9. The first-order valence-corrected chi connectivity index (χ1v) is 8.56. The number of ether oxygens (including phenoxy) is 2. The Morgan fingerprint density at radius 1 is 1.14 bits per heavy atom. The molecule has 0 saturated heterocycles. The number of hydrogen-bond acceptors (Lipinski definition) is 4. The standard InChI is InChI=1S/C16H20BrNO2S/c1-4-7-18-16(12-9-15(17)21-10-12)11-5-6-13(19-2)14(8-11)20-3/h5-6,8-10,16,18H,4,7H2,1-3H3. The molecule has 0 aliphatic rings. The molecule has 2 aromatic rings. The molecule has 3 nitrogen and oxygen atoms in total. The molecule has 0 saturated carbocycles. The van der Waals surface area contributed by atoms with Crippen LogP contribution in [0.1, 0.15) is 30.5 Å². The maximum absolute atomic E-state index is 5.41. The molecule has 1 unspecified atom stereocenters. The van der Waals surface area contributed by atoms with Crippen molar-refractivity contribution in [2.45, 2.75) is 19.4 Å². The summed E-state index contributed by atoms with van der Waals surface area (Å²) in [5, 5.41) is 5.77. The summed E-state index contributed by atoms with van der Waals surface area (Å²) in [7, 11) is 3.32. The number of methoxy groups -OCH3 is 2. The first kappa shape index (κ1) is 16.3. The maximum atomic E-state index is 5.41. The zero-order valence-electron chi connectivity index (χ0n) is 12.5. The Hall–Kier alpha value is -1.04. The average Bonchev–Trinajstić information content (AvgIpc) is 2.93. The molecule has 5 heteroatoms. The molecule has 1 N–H and O–H groups in total. The highest BCUT2D eigenvalue weighted by Crippen LogP contribution is 2.34. The molecule has 0 radical (unpaired) electrons. The van der Waals surface area contributed by atoms with Crippen LogP contribution in [0.15, 0.2) is 33.4 Å². The number of hydrogen-bond donors (Lipinski definition) is 1. The highest BCUT2D eigenvalue weighted by molar-refractivity contribution is 9.11. The Morgan fingerprint density at radius 3 is 2.48 bits per heavy atom. The van der Waals surface area contributed by atoms with E-state index >= 15 is 0 Å². The van der Waals surface area contributed by atoms with Gasteiger partial charge in [0.05, 0.1) is 24.0 Å². The molecule has 1 aromatic heterocycles. The van der Waals surface area contributed by atoms with Crippen LogP contribution in [0, 0.1) is 0 Å². The van der Waals surface area contributed by atoms with E-state index in [1.807, 2.05) is 12.1 Å². The van der Waals surface area contributed by atoms with Gasteiger partial charge in [-0.3, -0.25) is 0 Å². The molecule has 0 bridgehead atoms. The van der Waals surface area contributed by atoms with Crippen molar-refractivity contribution in [1.29, 1.82) is 0 Å². The number of benzene rings is 1. The predicted molar refractivity (Wildman–Crippen MR) is 91.7 cm³/mol. The Kier molecular flexibility index (Phi) is 6.08. The first-order valence-electron chi connectivity index (χ1n) is 6.88. The van der Waals surface area contributed by atoms with Gasteiger partial charge >= 0.3 is 0 Å². The van der Waals surface area contributed by atoms with Gasteiger partial charge in [0.25, 0.3) is 0 Å². The summed E-state index contributed by atoms with van der Waals surface area (Å²) in [4.78, 5) is 0. The first-order chi connectivity index (χ1) is 10.2. The lowest BCUT2D eigenvalue weighted by atomic mass is 10.0. The third kappa shape index (κ3) is 3.99. The van der Waals surface area contributed by atoms with Gasteiger partial charge in [-0.2, -0.15) is 0 Å². The van der Waals surface area contributed by atoms with E-state index in [9.17, 15) is 0 Å². The van der Waals surface area contributed by atoms with Gasteiger partial charge in [-0.05, 0) is 63.6 Å². The van der Waals surface area contributed by atoms with E-state index in [0.29, 0.717) is 0 Å². The second-order valence-electron chi connectivity index (χ2n) is 4.69. The molecule has 0 aliphatic carbocycles. The van der Waals surface area contributed by atoms with Crippen molar-refractivity contribution in [3.05, 3.63) is 44.6 Å². The quantitative estimate of drug-likeness (QED) is 0.772. The summed E-state index contributed by atoms with van der Waals surface area (Å²) in [6.07, 6.45) is 1.09. The van der Waals surface area contributed by atoms with Gasteiger partial charge in [0.1, 0.15) is 0 Å². The fraction of sp³-hybridized carbons (Fsp3) is 0.375. The molecule has 114 valence electrons. The summed E-state index contributed by atoms with van der Waals surface area (Å²) < 4.78 is 11.9. The molecule has 1 heterocycles. The number of rotatable bonds is 7. The molecule has 0 fully saturated rings. The SMILES string of the molecule is CCCNC(c1csc(Br)c1)c1ccc(OC)c(OC)c1. The topological polar surface area (TPSA) is 30.5 Å². The van der Waals surface area contributed by atoms with Crippen molar-refractivity contribution >= 4 is 27.3 Å². The van der Waals surface area contributed by atoms with Gasteiger partial charge in [-0.25, -0.2) is 0 Å². The molecule has 1 aromatic carbocycles. The van der Waals surface area contributed by atoms with Crippen LogP contribution in [-0.4, -0.2) is 20.8 Å². The second kappa shape index (κ2) is 7.82. The maximum Gasteiger partial charge on any atom is 0.161 e. The van der Waals surface area contributed by atoms with Crippen LogP contribution in [0.2, 0.25) is 0 Å². The molecule has 0 aliphatic heterocycles. The molecule has 21 heavy (non-hydrogen) atoms. The summed E-state index contributed by atoms with van der Waals surface area (Å²) >= 11 is 5.24. The lowest BCUT2D eigenvalue weighted by molar-refractivity contribution is 0.354. The smallest absolute Gasteiger partial charge is 0.161 e. The van der Waals surface area contributed by atoms with Crippen LogP contribution < -0.4 is 14.8 Å². The molecular weight excluding hydrogens is 350 g/mol. The highest BCUT2D eigenvalue weighted by atomic mass is 79.9. The lowest BCUT2D eigenvalue weighted by Crippen LogP contribution is -2.22. The molecule has 2 rings (SSSR count). The Balaban J connectivity index is 2.36. The number of nitrogens with one attached hydrogen (secondary N) is 1. The average molecular weight is 370 g/mol. The van der Waals surface area contributed by atoms with Crippen LogP contribution >= 0.6 is 27.3 Å². The minimum Gasteiger partial charge on any atom is -0.493 e. The van der Waals surface area contributed by atoms with Gasteiger partial charge < -0.3 is 14.8 Å². The van der Waals surface area contributed by atoms with Crippen molar-refractivity contribution < 1.29 is 9.47 Å². The number of thiophene rings is 1. The largest absolute Gasteiger partial charge is 0.493 e. The third-order valence-electron chi connectivity index (χ3n) is 3.26. The van der Waals surface area contributed by atoms with Gasteiger partial charge in [-0.1, -0.05) is 13.0 Å². The van der Waals surface area contributed by atoms with Crippen LogP contribution in [-0.2, 0) is 0 Å². The van der Waals surface area contributed by atoms with E-state index < -0.39 is 0 Å². The normalized spacial score (nSPS) is 12.2. The Bertz CT molecular complexity index is 585. The zero-order chi connectivity index (χ0) is 15.2. The van der Waals surface area contributed by atoms with E-state index in [1.165, 1.54) is 11.1 Å². The fourth-order valence-corrected chi connectivity index (χ4v) is 3.43. The highest BCUT2D eigenvalue weighted by Gasteiger charge is 2.17. The van der Waals surface area contributed by atoms with Crippen molar-refractivity contribution in [2.24, 2.45) is 0 Å². The monoisotopic (exact) mass is 369 g/mol. The summed E-state index contributed by atoms with van der Waals surface area (Å²) in [6, 6.07) is 8.40. The minimum atomic E-state index is 0.160.